The van der Waals surface area contributed by atoms with Crippen LogP contribution in [0.2, 0.25) is 0 Å². The molecule has 1 aliphatic rings. The van der Waals surface area contributed by atoms with E-state index in [-0.39, 0.29) is 17.6 Å². The van der Waals surface area contributed by atoms with E-state index in [0.29, 0.717) is 5.69 Å². The highest BCUT2D eigenvalue weighted by Gasteiger charge is 2.19. The number of nitrogens with zero attached hydrogens (tertiary/aromatic N) is 2. The van der Waals surface area contributed by atoms with Crippen molar-refractivity contribution in [2.45, 2.75) is 52.7 Å². The first kappa shape index (κ1) is 19.9. The molecule has 5 heteroatoms. The minimum Gasteiger partial charge on any atom is -0.376 e. The number of rotatable bonds is 6. The van der Waals surface area contributed by atoms with Crippen molar-refractivity contribution in [3.05, 3.63) is 58.4 Å². The van der Waals surface area contributed by atoms with Crippen molar-refractivity contribution >= 4 is 17.7 Å². The molecule has 1 aliphatic heterocycles. The number of hydrogen-bond acceptors (Lipinski definition) is 3. The maximum absolute atomic E-state index is 12.6. The van der Waals surface area contributed by atoms with Gasteiger partial charge in [-0.2, -0.15) is 5.26 Å². The summed E-state index contributed by atoms with van der Waals surface area (Å²) >= 11 is 0. The van der Waals surface area contributed by atoms with E-state index in [2.05, 4.69) is 16.8 Å². The lowest BCUT2D eigenvalue weighted by atomic mass is 10.1. The number of aryl methyl sites for hydroxylation is 2. The molecule has 0 unspecified atom stereocenters. The Bertz CT molecular complexity index is 928. The van der Waals surface area contributed by atoms with Gasteiger partial charge >= 0.3 is 0 Å². The Kier molecular flexibility index (Phi) is 6.33. The number of nitriles is 1. The second-order valence-electron chi connectivity index (χ2n) is 7.25. The van der Waals surface area contributed by atoms with E-state index < -0.39 is 0 Å². The van der Waals surface area contributed by atoms with Crippen LogP contribution in [0.15, 0.2) is 35.9 Å². The molecule has 1 aromatic heterocycles. The molecule has 1 amide bonds. The molecule has 0 bridgehead atoms. The van der Waals surface area contributed by atoms with Crippen LogP contribution < -0.4 is 5.32 Å². The van der Waals surface area contributed by atoms with Crippen LogP contribution in [0.25, 0.3) is 6.08 Å². The van der Waals surface area contributed by atoms with Gasteiger partial charge in [0.05, 0.1) is 6.10 Å². The maximum atomic E-state index is 12.6. The molecule has 0 saturated carbocycles. The van der Waals surface area contributed by atoms with Gasteiger partial charge in [-0.05, 0) is 68.5 Å². The van der Waals surface area contributed by atoms with Crippen LogP contribution in [-0.4, -0.2) is 23.2 Å². The summed E-state index contributed by atoms with van der Waals surface area (Å²) in [6.07, 6.45) is 4.99. The molecular weight excluding hydrogens is 350 g/mol. The van der Waals surface area contributed by atoms with E-state index in [1.54, 1.807) is 6.08 Å². The molecule has 2 aromatic rings. The number of carbonyl (C=O) groups is 1. The SMILES string of the molecule is CCc1cccc(NC(=O)/C(C#N)=C/c2cc(C)n(C[C@H]3CCCO3)c2C)c1. The van der Waals surface area contributed by atoms with Gasteiger partial charge in [0.1, 0.15) is 11.6 Å². The van der Waals surface area contributed by atoms with Gasteiger partial charge in [0.2, 0.25) is 0 Å². The fourth-order valence-corrected chi connectivity index (χ4v) is 3.62. The summed E-state index contributed by atoms with van der Waals surface area (Å²) < 4.78 is 7.96. The predicted molar refractivity (Wildman–Crippen MR) is 111 cm³/mol. The first-order valence-corrected chi connectivity index (χ1v) is 9.82. The highest BCUT2D eigenvalue weighted by atomic mass is 16.5. The standard InChI is InChI=1S/C23H27N3O2/c1-4-18-7-5-8-21(12-18)25-23(27)20(14-24)13-19-11-16(2)26(17(19)3)15-22-9-6-10-28-22/h5,7-8,11-13,22H,4,6,9-10,15H2,1-3H3,(H,25,27)/b20-13+/t22-/m1/s1. The Balaban J connectivity index is 1.79. The average Bonchev–Trinajstić information content (AvgIpc) is 3.30. The summed E-state index contributed by atoms with van der Waals surface area (Å²) in [5.74, 6) is -0.389. The van der Waals surface area contributed by atoms with E-state index in [4.69, 9.17) is 4.74 Å². The van der Waals surface area contributed by atoms with Gasteiger partial charge in [0.25, 0.3) is 5.91 Å². The van der Waals surface area contributed by atoms with Crippen molar-refractivity contribution in [3.8, 4) is 6.07 Å². The second kappa shape index (κ2) is 8.90. The topological polar surface area (TPSA) is 67.0 Å². The summed E-state index contributed by atoms with van der Waals surface area (Å²) in [6.45, 7) is 7.76. The van der Waals surface area contributed by atoms with Crippen LogP contribution in [0, 0.1) is 25.2 Å². The van der Waals surface area contributed by atoms with Gasteiger partial charge < -0.3 is 14.6 Å². The van der Waals surface area contributed by atoms with E-state index >= 15 is 0 Å². The summed E-state index contributed by atoms with van der Waals surface area (Å²) in [5, 5.41) is 12.4. The van der Waals surface area contributed by atoms with E-state index in [1.807, 2.05) is 50.2 Å². The zero-order valence-corrected chi connectivity index (χ0v) is 16.8. The van der Waals surface area contributed by atoms with Crippen LogP contribution in [0.1, 0.15) is 42.3 Å². The zero-order chi connectivity index (χ0) is 20.1. The Morgan fingerprint density at radius 2 is 2.21 bits per heavy atom. The van der Waals surface area contributed by atoms with Crippen LogP contribution in [-0.2, 0) is 22.5 Å². The molecule has 0 radical (unpaired) electrons. The Hall–Kier alpha value is -2.84. The Labute approximate surface area is 166 Å². The summed E-state index contributed by atoms with van der Waals surface area (Å²) in [7, 11) is 0. The highest BCUT2D eigenvalue weighted by Crippen LogP contribution is 2.22. The van der Waals surface area contributed by atoms with Crippen molar-refractivity contribution in [1.82, 2.24) is 4.57 Å². The quantitative estimate of drug-likeness (QED) is 0.600. The number of amides is 1. The summed E-state index contributed by atoms with van der Waals surface area (Å²) in [6, 6.07) is 11.7. The number of anilines is 1. The summed E-state index contributed by atoms with van der Waals surface area (Å²) in [5.41, 5.74) is 4.98. The second-order valence-corrected chi connectivity index (χ2v) is 7.25. The smallest absolute Gasteiger partial charge is 0.266 e. The van der Waals surface area contributed by atoms with E-state index in [9.17, 15) is 10.1 Å². The number of nitrogens with one attached hydrogen (secondary N) is 1. The van der Waals surface area contributed by atoms with Crippen LogP contribution in [0.4, 0.5) is 5.69 Å². The van der Waals surface area contributed by atoms with Crippen molar-refractivity contribution in [2.24, 2.45) is 0 Å². The van der Waals surface area contributed by atoms with Crippen LogP contribution in [0.3, 0.4) is 0 Å². The summed E-state index contributed by atoms with van der Waals surface area (Å²) in [4.78, 5) is 12.6. The average molecular weight is 377 g/mol. The van der Waals surface area contributed by atoms with Crippen LogP contribution in [0.5, 0.6) is 0 Å². The van der Waals surface area contributed by atoms with E-state index in [1.165, 1.54) is 0 Å². The normalized spacial score (nSPS) is 16.8. The Morgan fingerprint density at radius 3 is 2.89 bits per heavy atom. The third kappa shape index (κ3) is 4.52. The number of carbonyl (C=O) groups excluding carboxylic acids is 1. The third-order valence-corrected chi connectivity index (χ3v) is 5.28. The zero-order valence-electron chi connectivity index (χ0n) is 16.8. The fraction of sp³-hybridized carbons (Fsp3) is 0.391. The molecule has 1 fully saturated rings. The van der Waals surface area contributed by atoms with Crippen molar-refractivity contribution in [1.29, 1.82) is 5.26 Å². The van der Waals surface area contributed by atoms with Crippen molar-refractivity contribution in [2.75, 3.05) is 11.9 Å². The number of hydrogen-bond donors (Lipinski definition) is 1. The maximum Gasteiger partial charge on any atom is 0.266 e. The molecule has 1 aromatic carbocycles. The van der Waals surface area contributed by atoms with Gasteiger partial charge in [0, 0.05) is 30.2 Å². The number of ether oxygens (including phenoxy) is 1. The monoisotopic (exact) mass is 377 g/mol. The molecule has 146 valence electrons. The van der Waals surface area contributed by atoms with Gasteiger partial charge in [-0.25, -0.2) is 0 Å². The molecule has 5 nitrogen and oxygen atoms in total. The van der Waals surface area contributed by atoms with Gasteiger partial charge in [-0.1, -0.05) is 19.1 Å². The molecule has 2 heterocycles. The van der Waals surface area contributed by atoms with Gasteiger partial charge in [-0.15, -0.1) is 0 Å². The highest BCUT2D eigenvalue weighted by molar-refractivity contribution is 6.09. The fourth-order valence-electron chi connectivity index (χ4n) is 3.62. The minimum absolute atomic E-state index is 0.0965. The lowest BCUT2D eigenvalue weighted by Crippen LogP contribution is -2.17. The van der Waals surface area contributed by atoms with Gasteiger partial charge in [0.15, 0.2) is 0 Å². The minimum atomic E-state index is -0.389. The lowest BCUT2D eigenvalue weighted by molar-refractivity contribution is -0.112. The molecule has 1 saturated heterocycles. The molecular formula is C23H27N3O2. The number of benzene rings is 1. The molecule has 3 rings (SSSR count). The third-order valence-electron chi connectivity index (χ3n) is 5.28. The van der Waals surface area contributed by atoms with Crippen molar-refractivity contribution in [3.63, 3.8) is 0 Å². The Morgan fingerprint density at radius 1 is 1.39 bits per heavy atom. The lowest BCUT2D eigenvalue weighted by Gasteiger charge is -2.14. The van der Waals surface area contributed by atoms with Crippen molar-refractivity contribution < 1.29 is 9.53 Å². The largest absolute Gasteiger partial charge is 0.376 e. The molecule has 0 aliphatic carbocycles. The molecule has 0 spiro atoms. The van der Waals surface area contributed by atoms with Gasteiger partial charge in [-0.3, -0.25) is 4.79 Å². The molecule has 1 atom stereocenters. The predicted octanol–water partition coefficient (Wildman–Crippen LogP) is 4.39. The van der Waals surface area contributed by atoms with E-state index in [0.717, 1.165) is 54.9 Å². The molecule has 1 N–H and O–H groups in total. The first-order valence-electron chi connectivity index (χ1n) is 9.82. The van der Waals surface area contributed by atoms with Crippen LogP contribution >= 0.6 is 0 Å². The molecule has 28 heavy (non-hydrogen) atoms. The first-order chi connectivity index (χ1) is 13.5. The number of aromatic nitrogens is 1.